The fourth-order valence-electron chi connectivity index (χ4n) is 4.05. The van der Waals surface area contributed by atoms with Gasteiger partial charge in [-0.1, -0.05) is 28.9 Å². The number of pyridine rings is 1. The fraction of sp³-hybridized carbons (Fsp3) is 0.364. The molecule has 1 atom stereocenters. The Morgan fingerprint density at radius 1 is 1.33 bits per heavy atom. The Balaban J connectivity index is 1.60. The lowest BCUT2D eigenvalue weighted by Gasteiger charge is -2.32. The first-order valence-corrected chi connectivity index (χ1v) is 10.3. The second-order valence-electron chi connectivity index (χ2n) is 7.62. The van der Waals surface area contributed by atoms with E-state index in [1.165, 1.54) is 0 Å². The molecule has 1 aromatic carbocycles. The number of aryl methyl sites for hydroxylation is 1. The summed E-state index contributed by atoms with van der Waals surface area (Å²) >= 11 is 6.04. The van der Waals surface area contributed by atoms with Gasteiger partial charge in [-0.3, -0.25) is 9.59 Å². The summed E-state index contributed by atoms with van der Waals surface area (Å²) in [5.74, 6) is -0.175. The number of fused-ring (bicyclic) bond motifs is 1. The van der Waals surface area contributed by atoms with Crippen molar-refractivity contribution in [1.82, 2.24) is 20.4 Å². The van der Waals surface area contributed by atoms with Gasteiger partial charge in [-0.15, -0.1) is 0 Å². The van der Waals surface area contributed by atoms with Gasteiger partial charge in [-0.2, -0.15) is 0 Å². The molecule has 30 heavy (non-hydrogen) atoms. The molecule has 1 unspecified atom stereocenters. The molecule has 2 aromatic heterocycles. The number of nitrogens with zero attached hydrogens (tertiary/aromatic N) is 3. The predicted molar refractivity (Wildman–Crippen MR) is 114 cm³/mol. The molecule has 3 aromatic rings. The maximum atomic E-state index is 12.9. The van der Waals surface area contributed by atoms with Gasteiger partial charge in [-0.05, 0) is 43.5 Å². The van der Waals surface area contributed by atoms with Crippen LogP contribution in [0.5, 0.6) is 0 Å². The number of hydrogen-bond donors (Lipinski definition) is 1. The molecule has 2 amide bonds. The molecule has 1 fully saturated rings. The summed E-state index contributed by atoms with van der Waals surface area (Å²) in [4.78, 5) is 31.6. The van der Waals surface area contributed by atoms with Crippen molar-refractivity contribution in [2.24, 2.45) is 0 Å². The van der Waals surface area contributed by atoms with Gasteiger partial charge in [-0.25, -0.2) is 4.98 Å². The van der Waals surface area contributed by atoms with Crippen LogP contribution in [-0.4, -0.2) is 47.0 Å². The highest BCUT2D eigenvalue weighted by Crippen LogP contribution is 2.33. The van der Waals surface area contributed by atoms with Crippen LogP contribution in [0.1, 0.15) is 46.1 Å². The van der Waals surface area contributed by atoms with Gasteiger partial charge in [0.15, 0.2) is 0 Å². The molecule has 0 bridgehead atoms. The molecule has 1 aliphatic heterocycles. The summed E-state index contributed by atoms with van der Waals surface area (Å²) in [5, 5.41) is 8.18. The van der Waals surface area contributed by atoms with Crippen LogP contribution < -0.4 is 5.32 Å². The molecule has 4 rings (SSSR count). The first-order valence-electron chi connectivity index (χ1n) is 9.97. The van der Waals surface area contributed by atoms with Crippen LogP contribution in [0.15, 0.2) is 34.9 Å². The van der Waals surface area contributed by atoms with Crippen LogP contribution in [0, 0.1) is 6.92 Å². The third-order valence-electron chi connectivity index (χ3n) is 5.48. The van der Waals surface area contributed by atoms with Crippen LogP contribution in [-0.2, 0) is 11.2 Å². The van der Waals surface area contributed by atoms with E-state index in [-0.39, 0.29) is 17.7 Å². The lowest BCUT2D eigenvalue weighted by Crippen LogP contribution is -2.40. The number of aromatic nitrogens is 2. The van der Waals surface area contributed by atoms with E-state index in [9.17, 15) is 9.59 Å². The number of hydrogen-bond acceptors (Lipinski definition) is 5. The normalized spacial score (nSPS) is 16.6. The van der Waals surface area contributed by atoms with Gasteiger partial charge in [0.2, 0.25) is 5.91 Å². The Kier molecular flexibility index (Phi) is 5.72. The van der Waals surface area contributed by atoms with Crippen LogP contribution >= 0.6 is 11.6 Å². The molecule has 0 spiro atoms. The van der Waals surface area contributed by atoms with Crippen molar-refractivity contribution in [2.45, 2.75) is 32.1 Å². The third kappa shape index (κ3) is 4.03. The van der Waals surface area contributed by atoms with Crippen molar-refractivity contribution in [3.63, 3.8) is 0 Å². The van der Waals surface area contributed by atoms with Crippen LogP contribution in [0.3, 0.4) is 0 Å². The molecule has 0 saturated carbocycles. The fourth-order valence-corrected chi connectivity index (χ4v) is 4.26. The first-order chi connectivity index (χ1) is 14.5. The first kappa shape index (κ1) is 20.3. The second kappa shape index (κ2) is 8.44. The second-order valence-corrected chi connectivity index (χ2v) is 8.06. The van der Waals surface area contributed by atoms with E-state index in [1.54, 1.807) is 19.2 Å². The van der Waals surface area contributed by atoms with Gasteiger partial charge in [0.05, 0.1) is 23.1 Å². The largest absolute Gasteiger partial charge is 0.355 e. The number of piperidine rings is 1. The Morgan fingerprint density at radius 2 is 2.17 bits per heavy atom. The molecule has 1 saturated heterocycles. The maximum absolute atomic E-state index is 12.9. The molecule has 3 heterocycles. The molecular formula is C22H23ClN4O3. The minimum absolute atomic E-state index is 0.0174. The average molecular weight is 427 g/mol. The quantitative estimate of drug-likeness (QED) is 0.689. The molecule has 1 aliphatic rings. The number of likely N-dealkylation sites (tertiary alicyclic amines) is 1. The zero-order valence-electron chi connectivity index (χ0n) is 16.9. The van der Waals surface area contributed by atoms with Crippen LogP contribution in [0.2, 0.25) is 5.02 Å². The minimum atomic E-state index is -0.209. The highest BCUT2D eigenvalue weighted by molar-refractivity contribution is 6.30. The number of carbonyl (C=O) groups excluding carboxylic acids is 2. The van der Waals surface area contributed by atoms with E-state index < -0.39 is 0 Å². The standard InChI is InChI=1S/C22H23ClN4O3/c1-13-9-17(21(29)24-2)19-20(26-30-22(19)25-13)15-6-4-8-27(12-15)18(28)11-14-5-3-7-16(23)10-14/h3,5,7,9-10,15H,4,6,8,11-12H2,1-2H3,(H,24,29). The Labute approximate surface area is 179 Å². The van der Waals surface area contributed by atoms with Gasteiger partial charge in [0.1, 0.15) is 0 Å². The lowest BCUT2D eigenvalue weighted by molar-refractivity contribution is -0.131. The van der Waals surface area contributed by atoms with Crippen molar-refractivity contribution >= 4 is 34.5 Å². The SMILES string of the molecule is CNC(=O)c1cc(C)nc2onc(C3CCCN(C(=O)Cc4cccc(Cl)c4)C3)c12. The molecular weight excluding hydrogens is 404 g/mol. The van der Waals surface area contributed by atoms with Gasteiger partial charge in [0.25, 0.3) is 11.6 Å². The van der Waals surface area contributed by atoms with Crippen molar-refractivity contribution in [3.05, 3.63) is 57.9 Å². The minimum Gasteiger partial charge on any atom is -0.355 e. The van der Waals surface area contributed by atoms with E-state index in [0.717, 1.165) is 18.4 Å². The monoisotopic (exact) mass is 426 g/mol. The zero-order chi connectivity index (χ0) is 21.3. The molecule has 0 aliphatic carbocycles. The van der Waals surface area contributed by atoms with Crippen molar-refractivity contribution in [1.29, 1.82) is 0 Å². The molecule has 0 radical (unpaired) electrons. The zero-order valence-corrected chi connectivity index (χ0v) is 17.7. The number of nitrogens with one attached hydrogen (secondary N) is 1. The van der Waals surface area contributed by atoms with Gasteiger partial charge >= 0.3 is 0 Å². The molecule has 156 valence electrons. The Morgan fingerprint density at radius 3 is 2.93 bits per heavy atom. The molecule has 1 N–H and O–H groups in total. The summed E-state index contributed by atoms with van der Waals surface area (Å²) in [6, 6.07) is 9.10. The van der Waals surface area contributed by atoms with Crippen molar-refractivity contribution < 1.29 is 14.1 Å². The number of carbonyl (C=O) groups is 2. The van der Waals surface area contributed by atoms with E-state index in [2.05, 4.69) is 15.5 Å². The summed E-state index contributed by atoms with van der Waals surface area (Å²) < 4.78 is 5.46. The predicted octanol–water partition coefficient (Wildman–Crippen LogP) is 3.49. The van der Waals surface area contributed by atoms with E-state index in [1.807, 2.05) is 30.0 Å². The summed E-state index contributed by atoms with van der Waals surface area (Å²) in [7, 11) is 1.59. The Hall–Kier alpha value is -2.93. The van der Waals surface area contributed by atoms with E-state index in [0.29, 0.717) is 52.6 Å². The number of benzene rings is 1. The number of rotatable bonds is 4. The highest BCUT2D eigenvalue weighted by atomic mass is 35.5. The molecule has 8 heteroatoms. The third-order valence-corrected chi connectivity index (χ3v) is 5.71. The lowest BCUT2D eigenvalue weighted by atomic mass is 9.91. The van der Waals surface area contributed by atoms with Crippen LogP contribution in [0.25, 0.3) is 11.1 Å². The van der Waals surface area contributed by atoms with Gasteiger partial charge < -0.3 is 14.7 Å². The van der Waals surface area contributed by atoms with Crippen molar-refractivity contribution in [2.75, 3.05) is 20.1 Å². The highest BCUT2D eigenvalue weighted by Gasteiger charge is 2.30. The maximum Gasteiger partial charge on any atom is 0.259 e. The smallest absolute Gasteiger partial charge is 0.259 e. The summed E-state index contributed by atoms with van der Waals surface area (Å²) in [6.45, 7) is 3.04. The number of amides is 2. The van der Waals surface area contributed by atoms with Crippen LogP contribution in [0.4, 0.5) is 0 Å². The summed E-state index contributed by atoms with van der Waals surface area (Å²) in [5.41, 5.74) is 3.12. The van der Waals surface area contributed by atoms with Gasteiger partial charge in [0, 0.05) is 36.8 Å². The summed E-state index contributed by atoms with van der Waals surface area (Å²) in [6.07, 6.45) is 2.02. The number of halogens is 1. The van der Waals surface area contributed by atoms with Crippen molar-refractivity contribution in [3.8, 4) is 0 Å². The average Bonchev–Trinajstić information content (AvgIpc) is 3.16. The van der Waals surface area contributed by atoms with E-state index >= 15 is 0 Å². The molecule has 7 nitrogen and oxygen atoms in total. The topological polar surface area (TPSA) is 88.3 Å². The van der Waals surface area contributed by atoms with E-state index in [4.69, 9.17) is 16.1 Å². The Bertz CT molecular complexity index is 1110.